The van der Waals surface area contributed by atoms with Crippen LogP contribution in [0.3, 0.4) is 0 Å². The summed E-state index contributed by atoms with van der Waals surface area (Å²) in [6.07, 6.45) is 1.08. The molecule has 0 aromatic heterocycles. The van der Waals surface area contributed by atoms with E-state index in [1.807, 2.05) is 5.32 Å². The highest BCUT2D eigenvalue weighted by atomic mass is 16.5. The average molecular weight is 198 g/mol. The molecule has 0 aromatic carbocycles. The lowest BCUT2D eigenvalue weighted by atomic mass is 10.1. The Kier molecular flexibility index (Phi) is 3.33. The van der Waals surface area contributed by atoms with Gasteiger partial charge in [0.25, 0.3) is 0 Å². The fourth-order valence-electron chi connectivity index (χ4n) is 1.00. The maximum absolute atomic E-state index is 11.1. The van der Waals surface area contributed by atoms with Gasteiger partial charge in [0, 0.05) is 6.21 Å². The summed E-state index contributed by atoms with van der Waals surface area (Å²) in [4.78, 5) is 36.1. The third kappa shape index (κ3) is 2.65. The molecular formula is C8H10N2O4. The van der Waals surface area contributed by atoms with Crippen LogP contribution in [0.5, 0.6) is 0 Å². The van der Waals surface area contributed by atoms with Crippen molar-refractivity contribution in [2.75, 3.05) is 6.61 Å². The van der Waals surface area contributed by atoms with Gasteiger partial charge in [0.2, 0.25) is 5.91 Å². The number of carbonyl (C=O) groups is 3. The van der Waals surface area contributed by atoms with Crippen molar-refractivity contribution in [2.24, 2.45) is 10.9 Å². The van der Waals surface area contributed by atoms with Gasteiger partial charge in [-0.3, -0.25) is 14.9 Å². The molecule has 0 fully saturated rings. The van der Waals surface area contributed by atoms with Crippen LogP contribution in [-0.2, 0) is 14.3 Å². The molecular weight excluding hydrogens is 188 g/mol. The number of rotatable bonds is 3. The largest absolute Gasteiger partial charge is 0.466 e. The van der Waals surface area contributed by atoms with Crippen LogP contribution >= 0.6 is 0 Å². The van der Waals surface area contributed by atoms with E-state index in [0.717, 1.165) is 6.21 Å². The summed E-state index contributed by atoms with van der Waals surface area (Å²) in [5.74, 6) is -1.70. The van der Waals surface area contributed by atoms with Gasteiger partial charge in [-0.2, -0.15) is 0 Å². The molecule has 0 bridgehead atoms. The van der Waals surface area contributed by atoms with Gasteiger partial charge in [0.15, 0.2) is 0 Å². The lowest BCUT2D eigenvalue weighted by molar-refractivity contribution is -0.145. The molecule has 1 aliphatic heterocycles. The molecule has 0 radical (unpaired) electrons. The summed E-state index contributed by atoms with van der Waals surface area (Å²) >= 11 is 0. The second kappa shape index (κ2) is 4.50. The van der Waals surface area contributed by atoms with Crippen molar-refractivity contribution < 1.29 is 19.1 Å². The van der Waals surface area contributed by atoms with Crippen LogP contribution in [-0.4, -0.2) is 30.7 Å². The lowest BCUT2D eigenvalue weighted by Crippen LogP contribution is -2.39. The molecule has 76 valence electrons. The molecule has 1 aliphatic rings. The number of ether oxygens (including phenoxy) is 1. The molecule has 3 amide bonds. The van der Waals surface area contributed by atoms with Crippen LogP contribution in [0.1, 0.15) is 13.3 Å². The molecule has 1 unspecified atom stereocenters. The average Bonchev–Trinajstić information content (AvgIpc) is 2.10. The minimum Gasteiger partial charge on any atom is -0.466 e. The topological polar surface area (TPSA) is 84.8 Å². The first-order valence-electron chi connectivity index (χ1n) is 4.18. The number of aliphatic imine (C=N–C) groups is 1. The number of urea groups is 1. The van der Waals surface area contributed by atoms with Crippen molar-refractivity contribution >= 4 is 24.1 Å². The highest BCUT2D eigenvalue weighted by molar-refractivity contribution is 6.10. The molecule has 0 saturated carbocycles. The zero-order valence-corrected chi connectivity index (χ0v) is 7.65. The number of esters is 1. The van der Waals surface area contributed by atoms with E-state index in [1.54, 1.807) is 6.92 Å². The van der Waals surface area contributed by atoms with Gasteiger partial charge in [0.1, 0.15) is 0 Å². The minimum atomic E-state index is -0.702. The molecule has 0 spiro atoms. The summed E-state index contributed by atoms with van der Waals surface area (Å²) in [7, 11) is 0. The van der Waals surface area contributed by atoms with Crippen molar-refractivity contribution in [2.45, 2.75) is 13.3 Å². The van der Waals surface area contributed by atoms with E-state index in [9.17, 15) is 14.4 Å². The smallest absolute Gasteiger partial charge is 0.347 e. The van der Waals surface area contributed by atoms with Crippen molar-refractivity contribution in [3.05, 3.63) is 0 Å². The summed E-state index contributed by atoms with van der Waals surface area (Å²) in [5, 5.41) is 1.99. The van der Waals surface area contributed by atoms with Gasteiger partial charge in [-0.05, 0) is 6.92 Å². The van der Waals surface area contributed by atoms with Gasteiger partial charge in [-0.25, -0.2) is 9.79 Å². The van der Waals surface area contributed by atoms with E-state index in [-0.39, 0.29) is 13.0 Å². The molecule has 14 heavy (non-hydrogen) atoms. The SMILES string of the molecule is CCOC(=O)CC1C=NC(=O)NC1=O. The first-order valence-corrected chi connectivity index (χ1v) is 4.18. The lowest BCUT2D eigenvalue weighted by Gasteiger charge is -2.13. The fourth-order valence-corrected chi connectivity index (χ4v) is 1.00. The van der Waals surface area contributed by atoms with Gasteiger partial charge in [-0.1, -0.05) is 0 Å². The predicted octanol–water partition coefficient (Wildman–Crippen LogP) is -0.124. The monoisotopic (exact) mass is 198 g/mol. The molecule has 6 nitrogen and oxygen atoms in total. The zero-order valence-electron chi connectivity index (χ0n) is 7.65. The quantitative estimate of drug-likeness (QED) is 0.640. The Morgan fingerprint density at radius 1 is 1.64 bits per heavy atom. The second-order valence-electron chi connectivity index (χ2n) is 2.69. The summed E-state index contributed by atoms with van der Waals surface area (Å²) in [6.45, 7) is 1.94. The molecule has 6 heteroatoms. The van der Waals surface area contributed by atoms with E-state index in [2.05, 4.69) is 9.73 Å². The van der Waals surface area contributed by atoms with Crippen molar-refractivity contribution in [3.8, 4) is 0 Å². The molecule has 1 heterocycles. The van der Waals surface area contributed by atoms with Gasteiger partial charge in [0.05, 0.1) is 18.9 Å². The van der Waals surface area contributed by atoms with E-state index in [0.29, 0.717) is 0 Å². The Balaban J connectivity index is 2.53. The Hall–Kier alpha value is -1.72. The van der Waals surface area contributed by atoms with Crippen LogP contribution in [0.4, 0.5) is 4.79 Å². The first kappa shape index (κ1) is 10.4. The van der Waals surface area contributed by atoms with E-state index >= 15 is 0 Å². The highest BCUT2D eigenvalue weighted by Gasteiger charge is 2.25. The van der Waals surface area contributed by atoms with Crippen LogP contribution in [0, 0.1) is 5.92 Å². The van der Waals surface area contributed by atoms with Crippen LogP contribution in [0.25, 0.3) is 0 Å². The van der Waals surface area contributed by atoms with Crippen molar-refractivity contribution in [1.82, 2.24) is 5.32 Å². The number of carbonyl (C=O) groups excluding carboxylic acids is 3. The summed E-state index contributed by atoms with van der Waals surface area (Å²) < 4.78 is 4.65. The van der Waals surface area contributed by atoms with E-state index < -0.39 is 23.8 Å². The Bertz CT molecular complexity index is 298. The third-order valence-electron chi connectivity index (χ3n) is 1.63. The van der Waals surface area contributed by atoms with Gasteiger partial charge < -0.3 is 4.74 Å². The Labute approximate surface area is 80.3 Å². The van der Waals surface area contributed by atoms with Gasteiger partial charge >= 0.3 is 12.0 Å². The number of hydrogen-bond donors (Lipinski definition) is 1. The number of nitrogens with one attached hydrogen (secondary N) is 1. The summed E-state index contributed by atoms with van der Waals surface area (Å²) in [6, 6.07) is -0.699. The predicted molar refractivity (Wildman–Crippen MR) is 46.8 cm³/mol. The zero-order chi connectivity index (χ0) is 10.6. The maximum atomic E-state index is 11.1. The van der Waals surface area contributed by atoms with E-state index in [1.165, 1.54) is 0 Å². The molecule has 0 aliphatic carbocycles. The minimum absolute atomic E-state index is 0.0869. The van der Waals surface area contributed by atoms with Crippen LogP contribution in [0.15, 0.2) is 4.99 Å². The molecule has 1 rings (SSSR count). The van der Waals surface area contributed by atoms with E-state index in [4.69, 9.17) is 0 Å². The standard InChI is InChI=1S/C8H10N2O4/c1-2-14-6(11)3-5-4-9-8(13)10-7(5)12/h4-5H,2-3H2,1H3,(H,10,12,13). The van der Waals surface area contributed by atoms with Crippen molar-refractivity contribution in [1.29, 1.82) is 0 Å². The maximum Gasteiger partial charge on any atom is 0.347 e. The number of nitrogens with zero attached hydrogens (tertiary/aromatic N) is 1. The number of imide groups is 1. The van der Waals surface area contributed by atoms with Crippen LogP contribution in [0.2, 0.25) is 0 Å². The number of hydrogen-bond acceptors (Lipinski definition) is 4. The first-order chi connectivity index (χ1) is 6.63. The molecule has 0 saturated heterocycles. The Morgan fingerprint density at radius 2 is 2.36 bits per heavy atom. The van der Waals surface area contributed by atoms with Crippen LogP contribution < -0.4 is 5.32 Å². The van der Waals surface area contributed by atoms with Gasteiger partial charge in [-0.15, -0.1) is 0 Å². The molecule has 1 atom stereocenters. The molecule has 0 aromatic rings. The highest BCUT2D eigenvalue weighted by Crippen LogP contribution is 2.05. The molecule has 1 N–H and O–H groups in total. The Morgan fingerprint density at radius 3 is 2.93 bits per heavy atom. The number of amides is 3. The third-order valence-corrected chi connectivity index (χ3v) is 1.63. The normalized spacial score (nSPS) is 20.5. The van der Waals surface area contributed by atoms with Crippen molar-refractivity contribution in [3.63, 3.8) is 0 Å². The second-order valence-corrected chi connectivity index (χ2v) is 2.69. The fraction of sp³-hybridized carbons (Fsp3) is 0.500. The summed E-state index contributed by atoms with van der Waals surface area (Å²) in [5.41, 5.74) is 0.